The van der Waals surface area contributed by atoms with Crippen LogP contribution in [0.1, 0.15) is 5.56 Å². The minimum Gasteiger partial charge on any atom is -0.380 e. The van der Waals surface area contributed by atoms with Crippen LogP contribution in [-0.2, 0) is 6.54 Å². The maximum Gasteiger partial charge on any atom is 0.124 e. The van der Waals surface area contributed by atoms with Crippen molar-refractivity contribution < 1.29 is 4.39 Å². The van der Waals surface area contributed by atoms with Gasteiger partial charge in [-0.2, -0.15) is 0 Å². The van der Waals surface area contributed by atoms with Gasteiger partial charge in [0.2, 0.25) is 0 Å². The van der Waals surface area contributed by atoms with Gasteiger partial charge in [0.1, 0.15) is 5.82 Å². The molecule has 2 aromatic rings. The van der Waals surface area contributed by atoms with E-state index in [1.165, 1.54) is 17.7 Å². The van der Waals surface area contributed by atoms with Crippen molar-refractivity contribution in [3.05, 3.63) is 48.4 Å². The third-order valence-corrected chi connectivity index (χ3v) is 4.48. The second-order valence-electron chi connectivity index (χ2n) is 3.24. The Morgan fingerprint density at radius 3 is 2.81 bits per heavy atom. The Balaban J connectivity index is 2.04. The summed E-state index contributed by atoms with van der Waals surface area (Å²) < 4.78 is 14.9. The van der Waals surface area contributed by atoms with Crippen molar-refractivity contribution >= 4 is 55.5 Å². The Morgan fingerprint density at radius 1 is 1.38 bits per heavy atom. The molecular formula is C11H8BrFINS. The summed E-state index contributed by atoms with van der Waals surface area (Å²) in [6.07, 6.45) is 0. The molecule has 0 fully saturated rings. The zero-order valence-corrected chi connectivity index (χ0v) is 12.7. The van der Waals surface area contributed by atoms with Crippen LogP contribution in [-0.4, -0.2) is 0 Å². The van der Waals surface area contributed by atoms with Crippen LogP contribution in [0.4, 0.5) is 10.1 Å². The second-order valence-corrected chi connectivity index (χ2v) is 6.69. The molecule has 0 aliphatic heterocycles. The Hall–Kier alpha value is -0.140. The summed E-state index contributed by atoms with van der Waals surface area (Å²) in [6, 6.07) is 6.83. The molecule has 0 saturated carbocycles. The molecule has 2 rings (SSSR count). The zero-order valence-electron chi connectivity index (χ0n) is 8.14. The van der Waals surface area contributed by atoms with Crippen LogP contribution in [0, 0.1) is 9.39 Å². The fourth-order valence-corrected chi connectivity index (χ4v) is 3.15. The Kier molecular flexibility index (Phi) is 4.21. The van der Waals surface area contributed by atoms with Crippen LogP contribution in [0.5, 0.6) is 0 Å². The van der Waals surface area contributed by atoms with Crippen LogP contribution in [0.15, 0.2) is 33.4 Å². The van der Waals surface area contributed by atoms with Crippen molar-refractivity contribution in [2.24, 2.45) is 0 Å². The Morgan fingerprint density at radius 2 is 2.19 bits per heavy atom. The fourth-order valence-electron chi connectivity index (χ4n) is 1.27. The monoisotopic (exact) mass is 411 g/mol. The van der Waals surface area contributed by atoms with Gasteiger partial charge in [-0.3, -0.25) is 0 Å². The topological polar surface area (TPSA) is 12.0 Å². The van der Waals surface area contributed by atoms with E-state index in [9.17, 15) is 4.39 Å². The summed E-state index contributed by atoms with van der Waals surface area (Å²) in [4.78, 5) is 0. The summed E-state index contributed by atoms with van der Waals surface area (Å²) in [7, 11) is 0. The van der Waals surface area contributed by atoms with Crippen molar-refractivity contribution in [3.63, 3.8) is 0 Å². The standard InChI is InChI=1S/C11H8BrFINS/c12-11-3-7(6-16-11)5-15-10-2-1-8(13)4-9(10)14/h1-4,6,15H,5H2. The Labute approximate surface area is 119 Å². The molecule has 1 aromatic heterocycles. The van der Waals surface area contributed by atoms with Gasteiger partial charge in [-0.1, -0.05) is 0 Å². The fraction of sp³-hybridized carbons (Fsp3) is 0.0909. The normalized spacial score (nSPS) is 10.4. The van der Waals surface area contributed by atoms with Gasteiger partial charge < -0.3 is 5.32 Å². The van der Waals surface area contributed by atoms with E-state index < -0.39 is 0 Å². The summed E-state index contributed by atoms with van der Waals surface area (Å²) in [5.74, 6) is -0.201. The molecule has 0 spiro atoms. The lowest BCUT2D eigenvalue weighted by Gasteiger charge is -2.07. The summed E-state index contributed by atoms with van der Waals surface area (Å²) in [5, 5.41) is 5.37. The summed E-state index contributed by atoms with van der Waals surface area (Å²) >= 11 is 7.21. The van der Waals surface area contributed by atoms with Crippen LogP contribution in [0.3, 0.4) is 0 Å². The number of halogens is 3. The van der Waals surface area contributed by atoms with Crippen LogP contribution in [0.25, 0.3) is 0 Å². The third kappa shape index (κ3) is 3.18. The van der Waals surface area contributed by atoms with Crippen molar-refractivity contribution in [2.75, 3.05) is 5.32 Å². The molecule has 0 amide bonds. The largest absolute Gasteiger partial charge is 0.380 e. The number of hydrogen-bond donors (Lipinski definition) is 1. The highest BCUT2D eigenvalue weighted by Gasteiger charge is 2.02. The lowest BCUT2D eigenvalue weighted by molar-refractivity contribution is 0.627. The summed E-state index contributed by atoms with van der Waals surface area (Å²) in [6.45, 7) is 0.754. The maximum absolute atomic E-state index is 12.9. The molecule has 0 radical (unpaired) electrons. The van der Waals surface area contributed by atoms with Gasteiger partial charge in [0, 0.05) is 15.8 Å². The highest BCUT2D eigenvalue weighted by atomic mass is 127. The lowest BCUT2D eigenvalue weighted by atomic mass is 10.3. The first-order chi connectivity index (χ1) is 7.65. The van der Waals surface area contributed by atoms with Gasteiger partial charge >= 0.3 is 0 Å². The molecule has 1 heterocycles. The highest BCUT2D eigenvalue weighted by Crippen LogP contribution is 2.23. The molecule has 0 atom stereocenters. The predicted molar refractivity (Wildman–Crippen MR) is 78.5 cm³/mol. The van der Waals surface area contributed by atoms with Crippen LogP contribution >= 0.6 is 49.9 Å². The summed E-state index contributed by atoms with van der Waals surface area (Å²) in [5.41, 5.74) is 2.18. The molecule has 1 aromatic carbocycles. The van der Waals surface area contributed by atoms with Crippen molar-refractivity contribution in [3.8, 4) is 0 Å². The van der Waals surface area contributed by atoms with E-state index in [2.05, 4.69) is 55.3 Å². The molecule has 0 bridgehead atoms. The minimum atomic E-state index is -0.201. The SMILES string of the molecule is Fc1ccc(NCc2csc(Br)c2)c(I)c1. The average molecular weight is 412 g/mol. The lowest BCUT2D eigenvalue weighted by Crippen LogP contribution is -2.00. The number of thiophene rings is 1. The molecule has 1 nitrogen and oxygen atoms in total. The third-order valence-electron chi connectivity index (χ3n) is 2.04. The van der Waals surface area contributed by atoms with Gasteiger partial charge in [-0.05, 0) is 73.7 Å². The number of nitrogens with one attached hydrogen (secondary N) is 1. The number of benzene rings is 1. The van der Waals surface area contributed by atoms with Crippen LogP contribution in [0.2, 0.25) is 0 Å². The molecule has 1 N–H and O–H groups in total. The van der Waals surface area contributed by atoms with Gasteiger partial charge in [0.25, 0.3) is 0 Å². The van der Waals surface area contributed by atoms with E-state index in [0.29, 0.717) is 0 Å². The maximum atomic E-state index is 12.9. The zero-order chi connectivity index (χ0) is 11.5. The first kappa shape index (κ1) is 12.3. The van der Waals surface area contributed by atoms with E-state index in [4.69, 9.17) is 0 Å². The van der Waals surface area contributed by atoms with E-state index >= 15 is 0 Å². The van der Waals surface area contributed by atoms with Gasteiger partial charge in [-0.25, -0.2) is 4.39 Å². The molecule has 0 saturated heterocycles. The van der Waals surface area contributed by atoms with Crippen molar-refractivity contribution in [2.45, 2.75) is 6.54 Å². The molecule has 5 heteroatoms. The van der Waals surface area contributed by atoms with E-state index in [0.717, 1.165) is 19.6 Å². The quantitative estimate of drug-likeness (QED) is 0.710. The molecule has 0 aliphatic rings. The second kappa shape index (κ2) is 5.46. The molecule has 16 heavy (non-hydrogen) atoms. The molecule has 84 valence electrons. The van der Waals surface area contributed by atoms with Gasteiger partial charge in [-0.15, -0.1) is 11.3 Å². The van der Waals surface area contributed by atoms with Crippen LogP contribution < -0.4 is 5.32 Å². The number of hydrogen-bond acceptors (Lipinski definition) is 2. The molecular weight excluding hydrogens is 404 g/mol. The van der Waals surface area contributed by atoms with E-state index in [1.807, 2.05) is 0 Å². The molecule has 0 unspecified atom stereocenters. The van der Waals surface area contributed by atoms with E-state index in [-0.39, 0.29) is 5.82 Å². The first-order valence-electron chi connectivity index (χ1n) is 4.57. The molecule has 0 aliphatic carbocycles. The minimum absolute atomic E-state index is 0.201. The predicted octanol–water partition coefficient (Wildman–Crippen LogP) is 4.87. The number of rotatable bonds is 3. The van der Waals surface area contributed by atoms with Crippen molar-refractivity contribution in [1.82, 2.24) is 0 Å². The van der Waals surface area contributed by atoms with E-state index in [1.54, 1.807) is 17.4 Å². The highest BCUT2D eigenvalue weighted by molar-refractivity contribution is 14.1. The average Bonchev–Trinajstić information content (AvgIpc) is 2.63. The first-order valence-corrected chi connectivity index (χ1v) is 7.32. The van der Waals surface area contributed by atoms with Crippen molar-refractivity contribution in [1.29, 1.82) is 0 Å². The number of anilines is 1. The Bertz CT molecular complexity index is 500. The smallest absolute Gasteiger partial charge is 0.124 e. The van der Waals surface area contributed by atoms with Gasteiger partial charge in [0.15, 0.2) is 0 Å². The van der Waals surface area contributed by atoms with Gasteiger partial charge in [0.05, 0.1) is 3.79 Å².